The summed E-state index contributed by atoms with van der Waals surface area (Å²) in [7, 11) is 0. The maximum Gasteiger partial charge on any atom is 0.240 e. The molecule has 0 saturated heterocycles. The zero-order valence-electron chi connectivity index (χ0n) is 18.0. The number of benzene rings is 2. The number of fused-ring (bicyclic) bond motifs is 2. The highest BCUT2D eigenvalue weighted by molar-refractivity contribution is 6.09. The van der Waals surface area contributed by atoms with Crippen LogP contribution >= 0.6 is 0 Å². The number of anilines is 2. The quantitative estimate of drug-likeness (QED) is 0.431. The molecule has 9 heteroatoms. The number of nitrogens with two attached hydrogens (primary N) is 1. The molecule has 8 nitrogen and oxygen atoms in total. The van der Waals surface area contributed by atoms with Crippen molar-refractivity contribution in [2.24, 2.45) is 0 Å². The average molecular weight is 451 g/mol. The highest BCUT2D eigenvalue weighted by Crippen LogP contribution is 2.45. The molecule has 0 fully saturated rings. The van der Waals surface area contributed by atoms with Crippen molar-refractivity contribution in [2.45, 2.75) is 12.3 Å². The van der Waals surface area contributed by atoms with Gasteiger partial charge in [0.05, 0.1) is 5.56 Å². The van der Waals surface area contributed by atoms with Gasteiger partial charge < -0.3 is 15.5 Å². The Morgan fingerprint density at radius 3 is 2.68 bits per heavy atom. The number of aromatic nitrogens is 5. The van der Waals surface area contributed by atoms with Crippen molar-refractivity contribution in [3.8, 4) is 22.8 Å². The molecule has 1 atom stereocenters. The molecule has 0 bridgehead atoms. The number of nitrogens with one attached hydrogen (secondary N) is 1. The molecule has 6 rings (SSSR count). The van der Waals surface area contributed by atoms with E-state index < -0.39 is 11.2 Å². The van der Waals surface area contributed by atoms with Crippen LogP contribution in [0.1, 0.15) is 18.1 Å². The van der Waals surface area contributed by atoms with Gasteiger partial charge in [-0.1, -0.05) is 42.5 Å². The molecule has 0 aliphatic carbocycles. The zero-order chi connectivity index (χ0) is 23.4. The van der Waals surface area contributed by atoms with Gasteiger partial charge in [0.1, 0.15) is 34.3 Å². The minimum Gasteiger partial charge on any atom is -0.383 e. The second-order valence-electron chi connectivity index (χ2n) is 8.24. The SMILES string of the molecule is CC1(c2cccc(F)c2)C(=O)Nc2nc(-c3cn4ccnc4c(-c4ccccc4)n3)nc(N)c21. The van der Waals surface area contributed by atoms with Crippen molar-refractivity contribution in [3.05, 3.63) is 90.1 Å². The van der Waals surface area contributed by atoms with Crippen LogP contribution in [0.3, 0.4) is 0 Å². The number of carbonyl (C=O) groups excluding carboxylic acids is 1. The molecule has 166 valence electrons. The average Bonchev–Trinajstić information content (AvgIpc) is 3.42. The first kappa shape index (κ1) is 20.0. The van der Waals surface area contributed by atoms with Crippen molar-refractivity contribution in [1.29, 1.82) is 0 Å². The van der Waals surface area contributed by atoms with E-state index in [4.69, 9.17) is 10.7 Å². The maximum absolute atomic E-state index is 13.9. The third-order valence-corrected chi connectivity index (χ3v) is 6.18. The number of hydrogen-bond donors (Lipinski definition) is 2. The van der Waals surface area contributed by atoms with Crippen molar-refractivity contribution in [3.63, 3.8) is 0 Å². The summed E-state index contributed by atoms with van der Waals surface area (Å²) in [6, 6.07) is 15.6. The second-order valence-corrected chi connectivity index (χ2v) is 8.24. The molecule has 0 saturated carbocycles. The first-order valence-corrected chi connectivity index (χ1v) is 10.6. The lowest BCUT2D eigenvalue weighted by atomic mass is 9.78. The van der Waals surface area contributed by atoms with E-state index in [2.05, 4.69) is 20.3 Å². The smallest absolute Gasteiger partial charge is 0.240 e. The number of imidazole rings is 1. The first-order valence-electron chi connectivity index (χ1n) is 10.6. The molecular formula is C25H18FN7O. The highest BCUT2D eigenvalue weighted by Gasteiger charge is 2.47. The van der Waals surface area contributed by atoms with Crippen LogP contribution in [-0.4, -0.2) is 30.2 Å². The third-order valence-electron chi connectivity index (χ3n) is 6.18. The number of amides is 1. The molecule has 0 radical (unpaired) electrons. The van der Waals surface area contributed by atoms with E-state index in [1.54, 1.807) is 31.5 Å². The van der Waals surface area contributed by atoms with E-state index in [9.17, 15) is 9.18 Å². The molecule has 1 aliphatic heterocycles. The van der Waals surface area contributed by atoms with E-state index in [-0.39, 0.29) is 23.4 Å². The van der Waals surface area contributed by atoms with Crippen LogP contribution in [0.5, 0.6) is 0 Å². The molecule has 0 spiro atoms. The maximum atomic E-state index is 13.9. The summed E-state index contributed by atoms with van der Waals surface area (Å²) in [4.78, 5) is 31.4. The van der Waals surface area contributed by atoms with Crippen LogP contribution < -0.4 is 11.1 Å². The molecule has 1 unspecified atom stereocenters. The third kappa shape index (κ3) is 2.87. The van der Waals surface area contributed by atoms with Gasteiger partial charge in [0.25, 0.3) is 0 Å². The molecule has 4 heterocycles. The lowest BCUT2D eigenvalue weighted by molar-refractivity contribution is -0.119. The molecule has 3 N–H and O–H groups in total. The van der Waals surface area contributed by atoms with E-state index in [1.807, 2.05) is 40.9 Å². The number of hydrogen-bond acceptors (Lipinski definition) is 6. The summed E-state index contributed by atoms with van der Waals surface area (Å²) in [5.41, 5.74) is 8.75. The predicted molar refractivity (Wildman–Crippen MR) is 125 cm³/mol. The van der Waals surface area contributed by atoms with Gasteiger partial charge in [-0.05, 0) is 24.6 Å². The normalized spacial score (nSPS) is 17.1. The van der Waals surface area contributed by atoms with Gasteiger partial charge in [-0.15, -0.1) is 0 Å². The number of nitrogens with zero attached hydrogens (tertiary/aromatic N) is 5. The number of nitrogen functional groups attached to an aromatic ring is 1. The molecule has 34 heavy (non-hydrogen) atoms. The molecular weight excluding hydrogens is 433 g/mol. The molecule has 3 aromatic heterocycles. The van der Waals surface area contributed by atoms with Crippen LogP contribution in [-0.2, 0) is 10.2 Å². The van der Waals surface area contributed by atoms with Crippen LogP contribution in [0.2, 0.25) is 0 Å². The highest BCUT2D eigenvalue weighted by atomic mass is 19.1. The number of carbonyl (C=O) groups is 1. The Balaban J connectivity index is 1.53. The Hall–Kier alpha value is -4.66. The van der Waals surface area contributed by atoms with Crippen molar-refractivity contribution >= 4 is 23.2 Å². The summed E-state index contributed by atoms with van der Waals surface area (Å²) in [5.74, 6) is -0.128. The van der Waals surface area contributed by atoms with Crippen LogP contribution in [0.15, 0.2) is 73.2 Å². The lowest BCUT2D eigenvalue weighted by Gasteiger charge is -2.23. The largest absolute Gasteiger partial charge is 0.383 e. The minimum atomic E-state index is -1.23. The Kier molecular flexibility index (Phi) is 4.22. The summed E-state index contributed by atoms with van der Waals surface area (Å²) >= 11 is 0. The Labute approximate surface area is 193 Å². The van der Waals surface area contributed by atoms with Gasteiger partial charge in [-0.3, -0.25) is 4.79 Å². The fourth-order valence-electron chi connectivity index (χ4n) is 4.43. The molecule has 1 aliphatic rings. The Bertz CT molecular complexity index is 1600. The van der Waals surface area contributed by atoms with Crippen molar-refractivity contribution in [1.82, 2.24) is 24.3 Å². The topological polar surface area (TPSA) is 111 Å². The number of halogens is 1. The second kappa shape index (κ2) is 7.17. The van der Waals surface area contributed by atoms with Gasteiger partial charge in [0.2, 0.25) is 5.91 Å². The fourth-order valence-corrected chi connectivity index (χ4v) is 4.43. The van der Waals surface area contributed by atoms with E-state index in [1.165, 1.54) is 12.1 Å². The summed E-state index contributed by atoms with van der Waals surface area (Å²) in [5, 5.41) is 2.80. The van der Waals surface area contributed by atoms with Crippen LogP contribution in [0, 0.1) is 5.82 Å². The van der Waals surface area contributed by atoms with Gasteiger partial charge in [-0.25, -0.2) is 24.3 Å². The lowest BCUT2D eigenvalue weighted by Crippen LogP contribution is -2.33. The van der Waals surface area contributed by atoms with E-state index >= 15 is 0 Å². The van der Waals surface area contributed by atoms with Crippen molar-refractivity contribution < 1.29 is 9.18 Å². The van der Waals surface area contributed by atoms with E-state index in [0.717, 1.165) is 5.56 Å². The zero-order valence-corrected chi connectivity index (χ0v) is 18.0. The number of rotatable bonds is 3. The Morgan fingerprint density at radius 2 is 1.88 bits per heavy atom. The standard InChI is InChI=1S/C25H18FN7O/c1-25(15-8-5-9-16(26)12-15)18-20(27)30-21(31-22(18)32-24(25)34)17-13-33-11-10-28-23(33)19(29-17)14-6-3-2-4-7-14/h2-13H,1H3,(H3,27,30,31,32,34). The first-order chi connectivity index (χ1) is 16.4. The van der Waals surface area contributed by atoms with Crippen molar-refractivity contribution in [2.75, 3.05) is 11.1 Å². The van der Waals surface area contributed by atoms with Gasteiger partial charge in [0, 0.05) is 24.2 Å². The fraction of sp³-hybridized carbons (Fsp3) is 0.0800. The Morgan fingerprint density at radius 1 is 1.06 bits per heavy atom. The van der Waals surface area contributed by atoms with E-state index in [0.29, 0.717) is 28.2 Å². The summed E-state index contributed by atoms with van der Waals surface area (Å²) in [6.07, 6.45) is 5.26. The minimum absolute atomic E-state index is 0.124. The predicted octanol–water partition coefficient (Wildman–Crippen LogP) is 3.83. The van der Waals surface area contributed by atoms with Gasteiger partial charge >= 0.3 is 0 Å². The molecule has 5 aromatic rings. The van der Waals surface area contributed by atoms with Crippen LogP contribution in [0.4, 0.5) is 16.0 Å². The molecule has 1 amide bonds. The van der Waals surface area contributed by atoms with Crippen LogP contribution in [0.25, 0.3) is 28.4 Å². The summed E-state index contributed by atoms with van der Waals surface area (Å²) in [6.45, 7) is 1.69. The summed E-state index contributed by atoms with van der Waals surface area (Å²) < 4.78 is 15.8. The van der Waals surface area contributed by atoms with Gasteiger partial charge in [0.15, 0.2) is 11.5 Å². The molecule has 2 aromatic carbocycles. The monoisotopic (exact) mass is 451 g/mol. The van der Waals surface area contributed by atoms with Gasteiger partial charge in [-0.2, -0.15) is 0 Å².